The summed E-state index contributed by atoms with van der Waals surface area (Å²) in [6.07, 6.45) is 1.93. The van der Waals surface area contributed by atoms with Gasteiger partial charge in [0, 0.05) is 34.7 Å². The molecule has 1 aromatic heterocycles. The van der Waals surface area contributed by atoms with Crippen LogP contribution in [0.25, 0.3) is 11.0 Å². The van der Waals surface area contributed by atoms with Gasteiger partial charge in [-0.05, 0) is 18.2 Å². The van der Waals surface area contributed by atoms with E-state index in [9.17, 15) is 0 Å². The number of aromatic nitrogens is 2. The van der Waals surface area contributed by atoms with E-state index in [2.05, 4.69) is 39.1 Å². The number of anilines is 1. The highest BCUT2D eigenvalue weighted by atomic mass is 32.2. The van der Waals surface area contributed by atoms with E-state index in [1.165, 1.54) is 22.8 Å². The summed E-state index contributed by atoms with van der Waals surface area (Å²) in [4.78, 5) is 4.41. The molecule has 1 aliphatic heterocycles. The number of thioether (sulfide) groups is 2. The van der Waals surface area contributed by atoms with Crippen molar-refractivity contribution >= 4 is 40.2 Å². The van der Waals surface area contributed by atoms with Crippen molar-refractivity contribution in [1.29, 1.82) is 0 Å². The van der Waals surface area contributed by atoms with E-state index in [0.717, 1.165) is 17.7 Å². The molecule has 1 atom stereocenters. The molecule has 1 aliphatic rings. The summed E-state index contributed by atoms with van der Waals surface area (Å²) in [7, 11) is 0. The molecular weight excluding hydrogens is 250 g/mol. The first-order valence-corrected chi connectivity index (χ1v) is 7.93. The van der Waals surface area contributed by atoms with Crippen LogP contribution in [0.2, 0.25) is 0 Å². The number of nitrogens with two attached hydrogens (primary N) is 1. The molecule has 2 aromatic rings. The fourth-order valence-electron chi connectivity index (χ4n) is 2.09. The number of hydrogen-bond acceptors (Lipinski definition) is 4. The third-order valence-corrected chi connectivity index (χ3v) is 5.76. The van der Waals surface area contributed by atoms with E-state index in [4.69, 9.17) is 5.73 Å². The molecule has 0 saturated carbocycles. The SMILES string of the molecule is Nc1ccc2c(c1)ncn2CC1CSCCS1. The van der Waals surface area contributed by atoms with Gasteiger partial charge in [0.2, 0.25) is 0 Å². The van der Waals surface area contributed by atoms with Crippen molar-refractivity contribution in [1.82, 2.24) is 9.55 Å². The lowest BCUT2D eigenvalue weighted by molar-refractivity contribution is 0.714. The maximum Gasteiger partial charge on any atom is 0.0958 e. The molecule has 90 valence electrons. The molecule has 3 rings (SSSR count). The molecule has 0 radical (unpaired) electrons. The molecule has 3 nitrogen and oxygen atoms in total. The van der Waals surface area contributed by atoms with Crippen LogP contribution < -0.4 is 5.73 Å². The Hall–Kier alpha value is -0.810. The maximum atomic E-state index is 5.76. The molecule has 1 saturated heterocycles. The Morgan fingerprint density at radius 1 is 1.41 bits per heavy atom. The second-order valence-corrected chi connectivity index (χ2v) is 6.77. The van der Waals surface area contributed by atoms with Gasteiger partial charge in [0.1, 0.15) is 0 Å². The van der Waals surface area contributed by atoms with Crippen molar-refractivity contribution in [3.05, 3.63) is 24.5 Å². The Balaban J connectivity index is 1.84. The van der Waals surface area contributed by atoms with Crippen LogP contribution in [0.3, 0.4) is 0 Å². The van der Waals surface area contributed by atoms with Gasteiger partial charge in [-0.25, -0.2) is 4.98 Å². The van der Waals surface area contributed by atoms with Crippen LogP contribution in [-0.2, 0) is 6.54 Å². The van der Waals surface area contributed by atoms with E-state index >= 15 is 0 Å². The topological polar surface area (TPSA) is 43.8 Å². The Kier molecular flexibility index (Phi) is 3.20. The predicted molar refractivity (Wildman–Crippen MR) is 77.7 cm³/mol. The average molecular weight is 265 g/mol. The summed E-state index contributed by atoms with van der Waals surface area (Å²) < 4.78 is 2.25. The molecule has 17 heavy (non-hydrogen) atoms. The van der Waals surface area contributed by atoms with Gasteiger partial charge < -0.3 is 10.3 Å². The zero-order chi connectivity index (χ0) is 11.7. The van der Waals surface area contributed by atoms with Crippen LogP contribution in [0.15, 0.2) is 24.5 Å². The minimum Gasteiger partial charge on any atom is -0.399 e. The average Bonchev–Trinajstić information content (AvgIpc) is 2.73. The van der Waals surface area contributed by atoms with Crippen molar-refractivity contribution in [2.24, 2.45) is 0 Å². The second-order valence-electron chi connectivity index (χ2n) is 4.21. The van der Waals surface area contributed by atoms with Crippen molar-refractivity contribution in [2.45, 2.75) is 11.8 Å². The maximum absolute atomic E-state index is 5.76. The summed E-state index contributed by atoms with van der Waals surface area (Å²) in [6.45, 7) is 1.05. The monoisotopic (exact) mass is 265 g/mol. The minimum absolute atomic E-state index is 0.712. The van der Waals surface area contributed by atoms with Gasteiger partial charge in [0.25, 0.3) is 0 Å². The third-order valence-electron chi connectivity index (χ3n) is 2.93. The highest BCUT2D eigenvalue weighted by Crippen LogP contribution is 2.26. The van der Waals surface area contributed by atoms with E-state index in [1.807, 2.05) is 18.5 Å². The molecule has 2 N–H and O–H groups in total. The number of imidazole rings is 1. The smallest absolute Gasteiger partial charge is 0.0958 e. The van der Waals surface area contributed by atoms with E-state index < -0.39 is 0 Å². The van der Waals surface area contributed by atoms with Gasteiger partial charge in [-0.3, -0.25) is 0 Å². The van der Waals surface area contributed by atoms with Crippen molar-refractivity contribution in [2.75, 3.05) is 23.0 Å². The highest BCUT2D eigenvalue weighted by Gasteiger charge is 2.15. The summed E-state index contributed by atoms with van der Waals surface area (Å²) in [5, 5.41) is 0.712. The zero-order valence-corrected chi connectivity index (χ0v) is 11.1. The summed E-state index contributed by atoms with van der Waals surface area (Å²) in [6, 6.07) is 5.95. The largest absolute Gasteiger partial charge is 0.399 e. The molecule has 1 unspecified atom stereocenters. The Labute approximate surface area is 109 Å². The van der Waals surface area contributed by atoms with Crippen LogP contribution in [-0.4, -0.2) is 32.1 Å². The fourth-order valence-corrected chi connectivity index (χ4v) is 4.75. The molecule has 0 amide bonds. The molecule has 0 aliphatic carbocycles. The number of nitrogens with zero attached hydrogens (tertiary/aromatic N) is 2. The number of benzene rings is 1. The van der Waals surface area contributed by atoms with Crippen LogP contribution in [0.1, 0.15) is 0 Å². The van der Waals surface area contributed by atoms with E-state index in [1.54, 1.807) is 0 Å². The molecular formula is C12H15N3S2. The second kappa shape index (κ2) is 4.82. The van der Waals surface area contributed by atoms with Gasteiger partial charge in [-0.2, -0.15) is 23.5 Å². The standard InChI is InChI=1S/C12H15N3S2/c13-9-1-2-12-11(5-9)14-8-15(12)6-10-7-16-3-4-17-10/h1-2,5,8,10H,3-4,6-7,13H2. The normalized spacial score (nSPS) is 20.8. The lowest BCUT2D eigenvalue weighted by Gasteiger charge is -2.21. The lowest BCUT2D eigenvalue weighted by Crippen LogP contribution is -2.19. The fraction of sp³-hybridized carbons (Fsp3) is 0.417. The quantitative estimate of drug-likeness (QED) is 0.847. The molecule has 1 fully saturated rings. The van der Waals surface area contributed by atoms with E-state index in [-0.39, 0.29) is 0 Å². The number of fused-ring (bicyclic) bond motifs is 1. The molecule has 5 heteroatoms. The van der Waals surface area contributed by atoms with Gasteiger partial charge in [0.05, 0.1) is 17.4 Å². The lowest BCUT2D eigenvalue weighted by atomic mass is 10.3. The zero-order valence-electron chi connectivity index (χ0n) is 9.50. The van der Waals surface area contributed by atoms with Gasteiger partial charge >= 0.3 is 0 Å². The Morgan fingerprint density at radius 2 is 2.35 bits per heavy atom. The molecule has 0 bridgehead atoms. The minimum atomic E-state index is 0.712. The van der Waals surface area contributed by atoms with Crippen LogP contribution in [0, 0.1) is 0 Å². The first-order valence-electron chi connectivity index (χ1n) is 5.72. The first-order chi connectivity index (χ1) is 8.33. The summed E-state index contributed by atoms with van der Waals surface area (Å²) in [5.41, 5.74) is 8.73. The van der Waals surface area contributed by atoms with Gasteiger partial charge in [-0.1, -0.05) is 0 Å². The summed E-state index contributed by atoms with van der Waals surface area (Å²) in [5.74, 6) is 3.82. The van der Waals surface area contributed by atoms with Crippen LogP contribution in [0.5, 0.6) is 0 Å². The third kappa shape index (κ3) is 2.40. The van der Waals surface area contributed by atoms with Crippen molar-refractivity contribution in [3.63, 3.8) is 0 Å². The molecule has 2 heterocycles. The highest BCUT2D eigenvalue weighted by molar-refractivity contribution is 8.06. The number of hydrogen-bond donors (Lipinski definition) is 1. The van der Waals surface area contributed by atoms with Crippen LogP contribution in [0.4, 0.5) is 5.69 Å². The Bertz CT molecular complexity index is 517. The molecule has 0 spiro atoms. The van der Waals surface area contributed by atoms with Crippen molar-refractivity contribution < 1.29 is 0 Å². The number of rotatable bonds is 2. The van der Waals surface area contributed by atoms with Crippen LogP contribution >= 0.6 is 23.5 Å². The van der Waals surface area contributed by atoms with E-state index in [0.29, 0.717) is 5.25 Å². The predicted octanol–water partition coefficient (Wildman–Crippen LogP) is 2.47. The Morgan fingerprint density at radius 3 is 3.18 bits per heavy atom. The number of nitrogen functional groups attached to an aromatic ring is 1. The summed E-state index contributed by atoms with van der Waals surface area (Å²) >= 11 is 4.14. The van der Waals surface area contributed by atoms with Crippen molar-refractivity contribution in [3.8, 4) is 0 Å². The van der Waals surface area contributed by atoms with Gasteiger partial charge in [-0.15, -0.1) is 0 Å². The van der Waals surface area contributed by atoms with Gasteiger partial charge in [0.15, 0.2) is 0 Å². The first kappa shape index (κ1) is 11.3. The molecule has 1 aromatic carbocycles.